The summed E-state index contributed by atoms with van der Waals surface area (Å²) in [4.78, 5) is 2.20. The average molecular weight is 319 g/mol. The van der Waals surface area contributed by atoms with Gasteiger partial charge in [0.2, 0.25) is 0 Å². The fourth-order valence-electron chi connectivity index (χ4n) is 2.19. The van der Waals surface area contributed by atoms with Crippen LogP contribution in [-0.4, -0.2) is 25.0 Å². The van der Waals surface area contributed by atoms with E-state index in [2.05, 4.69) is 25.9 Å². The molecule has 0 aliphatic rings. The summed E-state index contributed by atoms with van der Waals surface area (Å²) in [5, 5.41) is 0. The van der Waals surface area contributed by atoms with Crippen LogP contribution in [0.5, 0.6) is 5.75 Å². The van der Waals surface area contributed by atoms with Crippen molar-refractivity contribution in [3.05, 3.63) is 65.2 Å². The topological polar surface area (TPSA) is 12.5 Å². The highest BCUT2D eigenvalue weighted by molar-refractivity contribution is 5.28. The fourth-order valence-corrected chi connectivity index (χ4v) is 2.19. The third kappa shape index (κ3) is 5.32. The van der Waals surface area contributed by atoms with Crippen molar-refractivity contribution in [1.82, 2.24) is 4.90 Å². The molecule has 1 atom stereocenters. The maximum absolute atomic E-state index is 13.5. The Morgan fingerprint density at radius 2 is 1.74 bits per heavy atom. The maximum atomic E-state index is 13.5. The second kappa shape index (κ2) is 8.06. The van der Waals surface area contributed by atoms with E-state index in [1.807, 2.05) is 24.3 Å². The van der Waals surface area contributed by atoms with Crippen LogP contribution >= 0.6 is 0 Å². The van der Waals surface area contributed by atoms with E-state index in [1.165, 1.54) is 17.7 Å². The van der Waals surface area contributed by atoms with E-state index in [-0.39, 0.29) is 6.61 Å². The number of hydrogen-bond donors (Lipinski definition) is 0. The van der Waals surface area contributed by atoms with Crippen molar-refractivity contribution in [3.63, 3.8) is 0 Å². The van der Waals surface area contributed by atoms with E-state index in [4.69, 9.17) is 4.74 Å². The molecule has 0 aliphatic carbocycles. The van der Waals surface area contributed by atoms with Gasteiger partial charge in [0.15, 0.2) is 0 Å². The van der Waals surface area contributed by atoms with Crippen LogP contribution < -0.4 is 4.74 Å². The molecule has 0 heterocycles. The van der Waals surface area contributed by atoms with Crippen LogP contribution in [0.15, 0.2) is 42.5 Å². The number of benzene rings is 2. The molecular formula is C19H23F2NO. The van der Waals surface area contributed by atoms with Gasteiger partial charge >= 0.3 is 0 Å². The van der Waals surface area contributed by atoms with Crippen molar-refractivity contribution in [1.29, 1.82) is 0 Å². The Labute approximate surface area is 136 Å². The molecule has 2 aromatic carbocycles. The SMILES string of the molecule is CC(CCc1ccc(OCc2ccc(F)cc2F)cc1)N(C)C. The molecular weight excluding hydrogens is 296 g/mol. The van der Waals surface area contributed by atoms with Gasteiger partial charge in [-0.25, -0.2) is 8.78 Å². The average Bonchev–Trinajstić information content (AvgIpc) is 2.52. The molecule has 0 saturated carbocycles. The lowest BCUT2D eigenvalue weighted by molar-refractivity contribution is 0.297. The van der Waals surface area contributed by atoms with Crippen molar-refractivity contribution in [2.45, 2.75) is 32.4 Å². The van der Waals surface area contributed by atoms with Crippen LogP contribution in [0.25, 0.3) is 0 Å². The number of rotatable bonds is 7. The van der Waals surface area contributed by atoms with Gasteiger partial charge in [-0.2, -0.15) is 0 Å². The maximum Gasteiger partial charge on any atom is 0.132 e. The van der Waals surface area contributed by atoms with Crippen molar-refractivity contribution in [2.24, 2.45) is 0 Å². The lowest BCUT2D eigenvalue weighted by Gasteiger charge is -2.19. The van der Waals surface area contributed by atoms with Gasteiger partial charge in [0.1, 0.15) is 24.0 Å². The Morgan fingerprint density at radius 1 is 1.04 bits per heavy atom. The molecule has 0 N–H and O–H groups in total. The van der Waals surface area contributed by atoms with Gasteiger partial charge in [-0.05, 0) is 63.7 Å². The minimum absolute atomic E-state index is 0.0864. The minimum atomic E-state index is -0.584. The Hall–Kier alpha value is -1.94. The van der Waals surface area contributed by atoms with E-state index in [0.29, 0.717) is 17.4 Å². The monoisotopic (exact) mass is 319 g/mol. The first kappa shape index (κ1) is 17.4. The molecule has 2 rings (SSSR count). The first-order valence-electron chi connectivity index (χ1n) is 7.78. The summed E-state index contributed by atoms with van der Waals surface area (Å²) in [6.45, 7) is 2.29. The first-order chi connectivity index (χ1) is 11.0. The minimum Gasteiger partial charge on any atom is -0.489 e. The van der Waals surface area contributed by atoms with Crippen LogP contribution in [0.4, 0.5) is 8.78 Å². The highest BCUT2D eigenvalue weighted by atomic mass is 19.1. The largest absolute Gasteiger partial charge is 0.489 e. The van der Waals surface area contributed by atoms with E-state index >= 15 is 0 Å². The first-order valence-corrected chi connectivity index (χ1v) is 7.78. The standard InChI is InChI=1S/C19H23F2NO/c1-14(22(2)3)4-5-15-6-10-18(11-7-15)23-13-16-8-9-17(20)12-19(16)21/h6-12,14H,4-5,13H2,1-3H3. The van der Waals surface area contributed by atoms with Crippen molar-refractivity contribution in [3.8, 4) is 5.75 Å². The molecule has 0 radical (unpaired) electrons. The molecule has 124 valence electrons. The number of aryl methyl sites for hydroxylation is 1. The Balaban J connectivity index is 1.87. The second-order valence-electron chi connectivity index (χ2n) is 6.02. The van der Waals surface area contributed by atoms with Crippen LogP contribution in [0.2, 0.25) is 0 Å². The summed E-state index contributed by atoms with van der Waals surface area (Å²) in [7, 11) is 4.16. The van der Waals surface area contributed by atoms with Crippen molar-refractivity contribution < 1.29 is 13.5 Å². The molecule has 1 unspecified atom stereocenters. The van der Waals surface area contributed by atoms with E-state index < -0.39 is 11.6 Å². The van der Waals surface area contributed by atoms with Gasteiger partial charge in [0.25, 0.3) is 0 Å². The van der Waals surface area contributed by atoms with Gasteiger partial charge in [-0.15, -0.1) is 0 Å². The molecule has 0 spiro atoms. The molecule has 0 fully saturated rings. The summed E-state index contributed by atoms with van der Waals surface area (Å²) in [5.74, 6) is -0.486. The zero-order valence-electron chi connectivity index (χ0n) is 13.9. The highest BCUT2D eigenvalue weighted by Crippen LogP contribution is 2.17. The third-order valence-corrected chi connectivity index (χ3v) is 4.07. The van der Waals surface area contributed by atoms with Crippen LogP contribution in [0.3, 0.4) is 0 Å². The normalized spacial score (nSPS) is 12.4. The summed E-state index contributed by atoms with van der Waals surface area (Å²) >= 11 is 0. The fraction of sp³-hybridized carbons (Fsp3) is 0.368. The van der Waals surface area contributed by atoms with Crippen molar-refractivity contribution in [2.75, 3.05) is 14.1 Å². The Morgan fingerprint density at radius 3 is 2.35 bits per heavy atom. The zero-order chi connectivity index (χ0) is 16.8. The smallest absolute Gasteiger partial charge is 0.132 e. The zero-order valence-corrected chi connectivity index (χ0v) is 13.9. The van der Waals surface area contributed by atoms with Gasteiger partial charge in [-0.1, -0.05) is 12.1 Å². The predicted molar refractivity (Wildman–Crippen MR) is 88.6 cm³/mol. The van der Waals surface area contributed by atoms with E-state index in [0.717, 1.165) is 18.9 Å². The Bertz CT molecular complexity index is 626. The van der Waals surface area contributed by atoms with Gasteiger partial charge in [0, 0.05) is 17.7 Å². The lowest BCUT2D eigenvalue weighted by atomic mass is 10.1. The number of hydrogen-bond acceptors (Lipinski definition) is 2. The summed E-state index contributed by atoms with van der Waals surface area (Å²) in [6.07, 6.45) is 2.10. The predicted octanol–water partition coefficient (Wildman–Crippen LogP) is 4.43. The summed E-state index contributed by atoms with van der Waals surface area (Å²) in [6, 6.07) is 11.9. The molecule has 0 aliphatic heterocycles. The van der Waals surface area contributed by atoms with Gasteiger partial charge in [-0.3, -0.25) is 0 Å². The summed E-state index contributed by atoms with van der Waals surface area (Å²) < 4.78 is 31.9. The molecule has 0 bridgehead atoms. The molecule has 2 aromatic rings. The number of halogens is 2. The van der Waals surface area contributed by atoms with Crippen LogP contribution in [-0.2, 0) is 13.0 Å². The molecule has 4 heteroatoms. The number of nitrogens with zero attached hydrogens (tertiary/aromatic N) is 1. The van der Waals surface area contributed by atoms with E-state index in [1.54, 1.807) is 0 Å². The Kier molecular flexibility index (Phi) is 6.11. The lowest BCUT2D eigenvalue weighted by Crippen LogP contribution is -2.24. The quantitative estimate of drug-likeness (QED) is 0.749. The van der Waals surface area contributed by atoms with E-state index in [9.17, 15) is 8.78 Å². The van der Waals surface area contributed by atoms with Crippen LogP contribution in [0, 0.1) is 11.6 Å². The molecule has 0 amide bonds. The van der Waals surface area contributed by atoms with Crippen molar-refractivity contribution >= 4 is 0 Å². The third-order valence-electron chi connectivity index (χ3n) is 4.07. The number of ether oxygens (including phenoxy) is 1. The molecule has 0 aromatic heterocycles. The summed E-state index contributed by atoms with van der Waals surface area (Å²) in [5.41, 5.74) is 1.59. The van der Waals surface area contributed by atoms with Gasteiger partial charge < -0.3 is 9.64 Å². The second-order valence-corrected chi connectivity index (χ2v) is 6.02. The molecule has 0 saturated heterocycles. The van der Waals surface area contributed by atoms with Gasteiger partial charge in [0.05, 0.1) is 0 Å². The molecule has 2 nitrogen and oxygen atoms in total. The molecule has 23 heavy (non-hydrogen) atoms. The van der Waals surface area contributed by atoms with Crippen LogP contribution in [0.1, 0.15) is 24.5 Å². The highest BCUT2D eigenvalue weighted by Gasteiger charge is 2.06.